The van der Waals surface area contributed by atoms with Gasteiger partial charge in [-0.2, -0.15) is 0 Å². The summed E-state index contributed by atoms with van der Waals surface area (Å²) in [6.07, 6.45) is 2.86. The number of hydrogen-bond donors (Lipinski definition) is 0. The zero-order valence-electron chi connectivity index (χ0n) is 8.27. The quantitative estimate of drug-likeness (QED) is 0.635. The first kappa shape index (κ1) is 10.4. The van der Waals surface area contributed by atoms with E-state index in [9.17, 15) is 0 Å². The third kappa shape index (κ3) is 2.69. The van der Waals surface area contributed by atoms with Gasteiger partial charge in [-0.25, -0.2) is 0 Å². The molecule has 0 N–H and O–H groups in total. The van der Waals surface area contributed by atoms with Gasteiger partial charge in [0.15, 0.2) is 0 Å². The zero-order valence-corrected chi connectivity index (χ0v) is 10.7. The van der Waals surface area contributed by atoms with Crippen LogP contribution in [-0.2, 0) is 8.85 Å². The second-order valence-electron chi connectivity index (χ2n) is 3.59. The number of hydrogen-bond acceptors (Lipinski definition) is 2. The summed E-state index contributed by atoms with van der Waals surface area (Å²) in [5, 5.41) is 0. The molecule has 0 unspecified atom stereocenters. The fraction of sp³-hybridized carbons (Fsp3) is 1.00. The van der Waals surface area contributed by atoms with Crippen LogP contribution in [-0.4, -0.2) is 32.3 Å². The minimum Gasteiger partial charge on any atom is -0.398 e. The summed E-state index contributed by atoms with van der Waals surface area (Å²) in [7, 11) is 2.63. The Morgan fingerprint density at radius 2 is 1.42 bits per heavy atom. The molecule has 0 atom stereocenters. The Morgan fingerprint density at radius 1 is 1.00 bits per heavy atom. The van der Waals surface area contributed by atoms with E-state index in [0.29, 0.717) is 9.52 Å². The van der Waals surface area contributed by atoms with Crippen LogP contribution in [0.1, 0.15) is 12.8 Å². The van der Waals surface area contributed by atoms with Crippen LogP contribution in [0.5, 0.6) is 0 Å². The van der Waals surface area contributed by atoms with E-state index in [1.54, 1.807) is 32.7 Å². The van der Waals surface area contributed by atoms with Crippen molar-refractivity contribution < 1.29 is 8.85 Å². The van der Waals surface area contributed by atoms with Crippen molar-refractivity contribution in [1.82, 2.24) is 0 Å². The van der Waals surface area contributed by atoms with Gasteiger partial charge in [0.2, 0.25) is 0 Å². The van der Waals surface area contributed by atoms with Crippen molar-refractivity contribution in [3.63, 3.8) is 0 Å². The van der Waals surface area contributed by atoms with E-state index in [1.807, 2.05) is 0 Å². The molecule has 0 amide bonds. The second kappa shape index (κ2) is 5.16. The monoisotopic (exact) mass is 204 g/mol. The molecular weight excluding hydrogens is 184 g/mol. The highest BCUT2D eigenvalue weighted by molar-refractivity contribution is 6.70. The summed E-state index contributed by atoms with van der Waals surface area (Å²) in [4.78, 5) is 0. The third-order valence-corrected chi connectivity index (χ3v) is 8.58. The van der Waals surface area contributed by atoms with Crippen molar-refractivity contribution >= 4 is 18.1 Å². The summed E-state index contributed by atoms with van der Waals surface area (Å²) in [5.41, 5.74) is 0. The molecule has 0 aliphatic carbocycles. The summed E-state index contributed by atoms with van der Waals surface area (Å²) in [6.45, 7) is 0. The Hall–Kier alpha value is 0.354. The first-order valence-corrected chi connectivity index (χ1v) is 9.16. The molecule has 0 saturated carbocycles. The molecule has 0 radical (unpaired) electrons. The van der Waals surface area contributed by atoms with Crippen LogP contribution in [0.25, 0.3) is 0 Å². The summed E-state index contributed by atoms with van der Waals surface area (Å²) in [6, 6.07) is 5.67. The van der Waals surface area contributed by atoms with Crippen LogP contribution < -0.4 is 0 Å². The molecule has 2 rings (SSSR count). The van der Waals surface area contributed by atoms with Crippen LogP contribution in [0.4, 0.5) is 0 Å². The molecule has 0 aromatic carbocycles. The highest BCUT2D eigenvalue weighted by Crippen LogP contribution is 2.32. The van der Waals surface area contributed by atoms with Crippen molar-refractivity contribution in [2.45, 2.75) is 37.0 Å². The second-order valence-corrected chi connectivity index (χ2v) is 9.35. The van der Waals surface area contributed by atoms with E-state index in [0.717, 1.165) is 0 Å². The van der Waals surface area contributed by atoms with Gasteiger partial charge in [0.25, 0.3) is 0 Å². The minimum atomic E-state index is -1.49. The fourth-order valence-corrected chi connectivity index (χ4v) is 3.62. The molecule has 0 spiro atoms. The summed E-state index contributed by atoms with van der Waals surface area (Å²) in [5.74, 6) is 0. The molecule has 0 bridgehead atoms. The van der Waals surface area contributed by atoms with E-state index in [2.05, 4.69) is 0 Å². The molecule has 2 aliphatic rings. The van der Waals surface area contributed by atoms with Crippen LogP contribution in [0.15, 0.2) is 0 Å². The van der Waals surface area contributed by atoms with E-state index < -0.39 is 8.56 Å². The smallest absolute Gasteiger partial charge is 0.337 e. The maximum Gasteiger partial charge on any atom is 0.337 e. The Kier molecular flexibility index (Phi) is 4.49. The van der Waals surface area contributed by atoms with Crippen molar-refractivity contribution in [2.75, 3.05) is 14.2 Å². The topological polar surface area (TPSA) is 18.5 Å². The lowest BCUT2D eigenvalue weighted by Gasteiger charge is -2.34. The zero-order chi connectivity index (χ0) is 8.86. The molecule has 2 saturated heterocycles. The van der Waals surface area contributed by atoms with Crippen molar-refractivity contribution in [2.24, 2.45) is 0 Å². The lowest BCUT2D eigenvalue weighted by Crippen LogP contribution is -2.46. The predicted octanol–water partition coefficient (Wildman–Crippen LogP) is 1.52. The highest BCUT2D eigenvalue weighted by atomic mass is 28.4. The van der Waals surface area contributed by atoms with E-state index in [1.165, 1.54) is 18.5 Å². The molecule has 2 aliphatic heterocycles. The number of rotatable bonds is 2. The SMILES string of the molecule is C1C[SiH2]C1.CO[Si]1(OC)CCC1. The van der Waals surface area contributed by atoms with Gasteiger partial charge in [-0.05, 0) is 18.5 Å². The van der Waals surface area contributed by atoms with Gasteiger partial charge in [-0.15, -0.1) is 0 Å². The summed E-state index contributed by atoms with van der Waals surface area (Å²) >= 11 is 0. The average molecular weight is 204 g/mol. The van der Waals surface area contributed by atoms with Crippen LogP contribution in [0, 0.1) is 0 Å². The molecule has 2 nitrogen and oxygen atoms in total. The maximum absolute atomic E-state index is 5.24. The largest absolute Gasteiger partial charge is 0.398 e. The first-order chi connectivity index (χ1) is 5.83. The Labute approximate surface area is 78.7 Å². The molecule has 12 heavy (non-hydrogen) atoms. The lowest BCUT2D eigenvalue weighted by atomic mass is 10.5. The first-order valence-electron chi connectivity index (χ1n) is 4.93. The van der Waals surface area contributed by atoms with E-state index in [-0.39, 0.29) is 0 Å². The normalized spacial score (nSPS) is 24.5. The fourth-order valence-electron chi connectivity index (χ4n) is 1.21. The minimum absolute atomic E-state index is 0.605. The molecular formula is C8H20O2Si2. The Balaban J connectivity index is 0.000000150. The molecule has 0 aromatic heterocycles. The third-order valence-electron chi connectivity index (χ3n) is 2.86. The van der Waals surface area contributed by atoms with E-state index in [4.69, 9.17) is 8.85 Å². The van der Waals surface area contributed by atoms with Gasteiger partial charge in [-0.3, -0.25) is 0 Å². The molecule has 0 aromatic rings. The van der Waals surface area contributed by atoms with Gasteiger partial charge >= 0.3 is 8.56 Å². The highest BCUT2D eigenvalue weighted by Gasteiger charge is 2.42. The average Bonchev–Trinajstić information content (AvgIpc) is 1.83. The Morgan fingerprint density at radius 3 is 1.42 bits per heavy atom. The van der Waals surface area contributed by atoms with Gasteiger partial charge in [0.05, 0.1) is 0 Å². The molecule has 72 valence electrons. The summed E-state index contributed by atoms with van der Waals surface area (Å²) < 4.78 is 10.5. The molecule has 4 heteroatoms. The van der Waals surface area contributed by atoms with Gasteiger partial charge in [-0.1, -0.05) is 18.5 Å². The molecule has 2 heterocycles. The van der Waals surface area contributed by atoms with Crippen LogP contribution in [0.3, 0.4) is 0 Å². The van der Waals surface area contributed by atoms with Gasteiger partial charge in [0.1, 0.15) is 0 Å². The predicted molar refractivity (Wildman–Crippen MR) is 56.8 cm³/mol. The lowest BCUT2D eigenvalue weighted by molar-refractivity contribution is 0.223. The standard InChI is InChI=1S/C5H12O2Si.C3H8Si/c1-6-8(7-2)4-3-5-8;1-2-4-3-1/h3-5H2,1-2H3;1-4H2. The molecule has 2 fully saturated rings. The van der Waals surface area contributed by atoms with Crippen molar-refractivity contribution in [3.05, 3.63) is 0 Å². The van der Waals surface area contributed by atoms with Crippen LogP contribution >= 0.6 is 0 Å². The van der Waals surface area contributed by atoms with Crippen molar-refractivity contribution in [1.29, 1.82) is 0 Å². The van der Waals surface area contributed by atoms with Gasteiger partial charge < -0.3 is 8.85 Å². The van der Waals surface area contributed by atoms with Crippen LogP contribution in [0.2, 0.25) is 24.2 Å². The van der Waals surface area contributed by atoms with Gasteiger partial charge in [0, 0.05) is 23.7 Å². The maximum atomic E-state index is 5.24. The van der Waals surface area contributed by atoms with E-state index >= 15 is 0 Å². The Bertz CT molecular complexity index is 105. The van der Waals surface area contributed by atoms with Crippen molar-refractivity contribution in [3.8, 4) is 0 Å².